The first-order valence-electron chi connectivity index (χ1n) is 8.21. The Bertz CT molecular complexity index is 873. The summed E-state index contributed by atoms with van der Waals surface area (Å²) in [7, 11) is -5.39. The van der Waals surface area contributed by atoms with Crippen LogP contribution in [-0.4, -0.2) is 73.4 Å². The lowest BCUT2D eigenvalue weighted by atomic mass is 9.89. The van der Waals surface area contributed by atoms with Crippen molar-refractivity contribution in [3.8, 4) is 0 Å². The van der Waals surface area contributed by atoms with Crippen LogP contribution in [-0.2, 0) is 24.1 Å². The van der Waals surface area contributed by atoms with Gasteiger partial charge in [0.2, 0.25) is 0 Å². The van der Waals surface area contributed by atoms with Crippen LogP contribution in [0.5, 0.6) is 0 Å². The number of ether oxygens (including phenoxy) is 1. The topological polar surface area (TPSA) is 89.9 Å². The molecule has 35 heavy (non-hydrogen) atoms. The Morgan fingerprint density at radius 2 is 1.14 bits per heavy atom. The molecule has 0 aliphatic rings. The van der Waals surface area contributed by atoms with E-state index in [0.717, 1.165) is 0 Å². The highest BCUT2D eigenvalue weighted by atomic mass is 32.3. The zero-order valence-corrected chi connectivity index (χ0v) is 17.1. The molecule has 210 valence electrons. The summed E-state index contributed by atoms with van der Waals surface area (Å²) in [5.74, 6) is -51.0. The average molecular weight is 580 g/mol. The third kappa shape index (κ3) is 5.67. The number of halogens is 15. The molecule has 0 aliphatic carbocycles. The molecule has 0 rings (SSSR count). The highest BCUT2D eigenvalue weighted by Crippen LogP contribution is 2.62. The molecule has 0 saturated heterocycles. The number of alkyl halides is 15. The Morgan fingerprint density at radius 1 is 0.771 bits per heavy atom. The highest BCUT2D eigenvalue weighted by Gasteiger charge is 2.94. The van der Waals surface area contributed by atoms with E-state index in [0.29, 0.717) is 0 Å². The molecular weight excluding hydrogens is 569 g/mol. The van der Waals surface area contributed by atoms with E-state index in [1.54, 1.807) is 0 Å². The van der Waals surface area contributed by atoms with E-state index in [4.69, 9.17) is 4.55 Å². The smallest absolute Gasteiger partial charge is 0.396 e. The van der Waals surface area contributed by atoms with Gasteiger partial charge in [-0.05, 0) is 6.42 Å². The molecule has 0 aliphatic heterocycles. The molecule has 0 aromatic carbocycles. The molecule has 0 amide bonds. The summed E-state index contributed by atoms with van der Waals surface area (Å²) in [6.45, 7) is -1.45. The molecule has 0 aromatic heterocycles. The van der Waals surface area contributed by atoms with E-state index < -0.39 is 83.6 Å². The minimum Gasteiger partial charge on any atom is -0.396 e. The molecule has 22 heteroatoms. The fraction of sp³-hybridized carbons (Fsp3) is 0.923. The van der Waals surface area contributed by atoms with Crippen molar-refractivity contribution in [1.29, 1.82) is 0 Å². The molecule has 0 heterocycles. The van der Waals surface area contributed by atoms with Gasteiger partial charge >= 0.3 is 58.0 Å². The van der Waals surface area contributed by atoms with Gasteiger partial charge in [0, 0.05) is 0 Å². The molecule has 1 unspecified atom stereocenters. The summed E-state index contributed by atoms with van der Waals surface area (Å²) in [6.07, 6.45) is -15.4. The number of carbonyl (C=O) groups is 1. The van der Waals surface area contributed by atoms with Crippen LogP contribution in [0, 0.1) is 0 Å². The van der Waals surface area contributed by atoms with Crippen LogP contribution in [0.3, 0.4) is 0 Å². The molecule has 1 atom stereocenters. The molecule has 0 saturated carbocycles. The summed E-state index contributed by atoms with van der Waals surface area (Å²) < 4.78 is 235. The fourth-order valence-corrected chi connectivity index (χ4v) is 2.22. The van der Waals surface area contributed by atoms with Gasteiger partial charge in [0.05, 0.1) is 13.0 Å². The summed E-state index contributed by atoms with van der Waals surface area (Å²) in [6, 6.07) is 0. The Labute approximate surface area is 184 Å². The van der Waals surface area contributed by atoms with Gasteiger partial charge < -0.3 is 4.74 Å². The number of carbonyl (C=O) groups excluding carboxylic acids is 1. The lowest BCUT2D eigenvalue weighted by Gasteiger charge is -2.42. The predicted molar refractivity (Wildman–Crippen MR) is 78.0 cm³/mol. The van der Waals surface area contributed by atoms with Gasteiger partial charge in [-0.25, -0.2) is 8.57 Å². The maximum atomic E-state index is 13.6. The van der Waals surface area contributed by atoms with Crippen LogP contribution in [0.2, 0.25) is 0 Å². The van der Waals surface area contributed by atoms with Gasteiger partial charge in [-0.15, -0.1) is 0 Å². The van der Waals surface area contributed by atoms with Crippen LogP contribution in [0.25, 0.3) is 0 Å². The first-order chi connectivity index (χ1) is 15.1. The molecular formula is C13H11F15O6S. The largest absolute Gasteiger partial charge is 0.473 e. The summed E-state index contributed by atoms with van der Waals surface area (Å²) in [5.41, 5.74) is 0. The number of esters is 1. The van der Waals surface area contributed by atoms with E-state index >= 15 is 0 Å². The van der Waals surface area contributed by atoms with Crippen molar-refractivity contribution in [3.05, 3.63) is 0 Å². The van der Waals surface area contributed by atoms with Crippen LogP contribution in [0.4, 0.5) is 65.9 Å². The van der Waals surface area contributed by atoms with Crippen LogP contribution >= 0.6 is 0 Å². The van der Waals surface area contributed by atoms with E-state index in [9.17, 15) is 79.1 Å². The maximum Gasteiger partial charge on any atom is 0.473 e. The Balaban J connectivity index is 6.27. The summed E-state index contributed by atoms with van der Waals surface area (Å²) in [5, 5.41) is 0. The van der Waals surface area contributed by atoms with Crippen molar-refractivity contribution in [1.82, 2.24) is 0 Å². The highest BCUT2D eigenvalue weighted by molar-refractivity contribution is 7.80. The standard InChI is InChI=1S/C13H11F15O6S/c1-2-5(14)7(15,16)8(17,18)9(19,20)10(21,22)11(23,24)12(25,26)13(27,28)34-6(29)3-4-33-35(30,31)32/h5H,2-4H2,1H3,(H,30,31,32). The van der Waals surface area contributed by atoms with E-state index in [-0.39, 0.29) is 6.92 Å². The molecule has 0 fully saturated rings. The molecule has 1 N–H and O–H groups in total. The number of rotatable bonds is 13. The number of hydrogen-bond acceptors (Lipinski definition) is 5. The number of hydrogen-bond donors (Lipinski definition) is 1. The third-order valence-electron chi connectivity index (χ3n) is 3.89. The van der Waals surface area contributed by atoms with Crippen molar-refractivity contribution in [2.24, 2.45) is 0 Å². The van der Waals surface area contributed by atoms with Gasteiger partial charge in [0.15, 0.2) is 6.17 Å². The van der Waals surface area contributed by atoms with E-state index in [2.05, 4.69) is 8.92 Å². The second-order valence-electron chi connectivity index (χ2n) is 6.36. The van der Waals surface area contributed by atoms with Crippen LogP contribution in [0.1, 0.15) is 19.8 Å². The summed E-state index contributed by atoms with van der Waals surface area (Å²) in [4.78, 5) is 10.9. The molecule has 0 spiro atoms. The molecule has 0 radical (unpaired) electrons. The quantitative estimate of drug-likeness (QED) is 0.190. The van der Waals surface area contributed by atoms with Crippen LogP contribution in [0.15, 0.2) is 0 Å². The lowest BCUT2D eigenvalue weighted by molar-refractivity contribution is -0.462. The fourth-order valence-electron chi connectivity index (χ4n) is 1.93. The van der Waals surface area contributed by atoms with Crippen molar-refractivity contribution >= 4 is 16.4 Å². The van der Waals surface area contributed by atoms with Crippen molar-refractivity contribution in [2.75, 3.05) is 6.61 Å². The second-order valence-corrected chi connectivity index (χ2v) is 7.45. The third-order valence-corrected chi connectivity index (χ3v) is 4.36. The lowest BCUT2D eigenvalue weighted by Crippen LogP contribution is -2.74. The molecule has 0 aromatic rings. The zero-order chi connectivity index (χ0) is 28.7. The van der Waals surface area contributed by atoms with Crippen molar-refractivity contribution < 1.29 is 92.5 Å². The molecule has 0 bridgehead atoms. The first kappa shape index (κ1) is 33.3. The first-order valence-corrected chi connectivity index (χ1v) is 9.57. The van der Waals surface area contributed by atoms with Gasteiger partial charge in [-0.3, -0.25) is 9.35 Å². The van der Waals surface area contributed by atoms with Crippen LogP contribution < -0.4 is 0 Å². The summed E-state index contributed by atoms with van der Waals surface area (Å²) >= 11 is 0. The zero-order valence-electron chi connectivity index (χ0n) is 16.3. The average Bonchev–Trinajstić information content (AvgIpc) is 2.64. The minimum atomic E-state index is -8.49. The van der Waals surface area contributed by atoms with E-state index in [1.807, 2.05) is 0 Å². The van der Waals surface area contributed by atoms with Crippen molar-refractivity contribution in [2.45, 2.75) is 67.6 Å². The predicted octanol–water partition coefficient (Wildman–Crippen LogP) is 4.89. The van der Waals surface area contributed by atoms with Gasteiger partial charge in [0.25, 0.3) is 0 Å². The SMILES string of the molecule is CCC(F)C(F)(F)C(F)(F)C(F)(F)C(F)(F)C(F)(F)C(F)(F)C(F)(F)OC(=O)CCOS(=O)(=O)O. The monoisotopic (exact) mass is 580 g/mol. The van der Waals surface area contributed by atoms with Gasteiger partial charge in [0.1, 0.15) is 0 Å². The van der Waals surface area contributed by atoms with E-state index in [1.165, 1.54) is 0 Å². The second kappa shape index (κ2) is 9.63. The maximum absolute atomic E-state index is 13.6. The molecule has 6 nitrogen and oxygen atoms in total. The minimum absolute atomic E-state index is 0.267. The van der Waals surface area contributed by atoms with Crippen molar-refractivity contribution in [3.63, 3.8) is 0 Å². The van der Waals surface area contributed by atoms with Gasteiger partial charge in [-0.1, -0.05) is 6.92 Å². The van der Waals surface area contributed by atoms with Gasteiger partial charge in [-0.2, -0.15) is 69.9 Å². The Hall–Kier alpha value is -1.71. The normalized spacial score (nSPS) is 16.3. The Kier molecular flexibility index (Phi) is 9.16. The Morgan fingerprint density at radius 3 is 1.51 bits per heavy atom.